The average molecular weight is 281 g/mol. The Balaban J connectivity index is 2.41. The van der Waals surface area contributed by atoms with Gasteiger partial charge in [-0.05, 0) is 6.92 Å². The second kappa shape index (κ2) is 7.29. The van der Waals surface area contributed by atoms with Crippen LogP contribution in [-0.2, 0) is 9.47 Å². The summed E-state index contributed by atoms with van der Waals surface area (Å²) in [5.41, 5.74) is 0. The highest BCUT2D eigenvalue weighted by molar-refractivity contribution is 7.80. The molecule has 1 heterocycles. The number of nitrogens with one attached hydrogen (secondary N) is 1. The fourth-order valence-corrected chi connectivity index (χ4v) is 1.71. The molecule has 18 heavy (non-hydrogen) atoms. The molecule has 5 atom stereocenters. The summed E-state index contributed by atoms with van der Waals surface area (Å²) in [4.78, 5) is 0.618. The molecule has 0 amide bonds. The highest BCUT2D eigenvalue weighted by Crippen LogP contribution is 2.21. The van der Waals surface area contributed by atoms with E-state index in [1.807, 2.05) is 0 Å². The fraction of sp³-hybridized carbons (Fsp3) is 0.900. The van der Waals surface area contributed by atoms with Gasteiger partial charge in [-0.3, -0.25) is 0 Å². The minimum Gasteiger partial charge on any atom is -0.394 e. The van der Waals surface area contributed by atoms with Crippen molar-refractivity contribution >= 4 is 17.2 Å². The van der Waals surface area contributed by atoms with E-state index in [4.69, 9.17) is 26.8 Å². The van der Waals surface area contributed by atoms with Crippen LogP contribution in [0.4, 0.5) is 0 Å². The van der Waals surface area contributed by atoms with Crippen LogP contribution in [0.5, 0.6) is 0 Å². The fourth-order valence-electron chi connectivity index (χ4n) is 1.61. The van der Waals surface area contributed by atoms with Crippen molar-refractivity contribution < 1.29 is 29.9 Å². The van der Waals surface area contributed by atoms with Crippen LogP contribution in [0.2, 0.25) is 0 Å². The zero-order valence-electron chi connectivity index (χ0n) is 10.0. The Labute approximate surface area is 110 Å². The SMILES string of the molecule is CC(=S)NCCO[C@H]1OC(CO)[C@@H](O)C(O)C1O. The molecule has 0 bridgehead atoms. The first-order valence-electron chi connectivity index (χ1n) is 5.64. The second-order valence-electron chi connectivity index (χ2n) is 4.05. The van der Waals surface area contributed by atoms with Gasteiger partial charge in [0.05, 0.1) is 18.2 Å². The highest BCUT2D eigenvalue weighted by Gasteiger charge is 2.43. The number of ether oxygens (including phenoxy) is 2. The molecule has 5 N–H and O–H groups in total. The molecule has 8 heteroatoms. The second-order valence-corrected chi connectivity index (χ2v) is 4.66. The third kappa shape index (κ3) is 4.09. The molecular formula is C10H19NO6S. The van der Waals surface area contributed by atoms with Crippen molar-refractivity contribution in [1.82, 2.24) is 5.32 Å². The van der Waals surface area contributed by atoms with Crippen LogP contribution < -0.4 is 5.32 Å². The Morgan fingerprint density at radius 1 is 1.28 bits per heavy atom. The topological polar surface area (TPSA) is 111 Å². The third-order valence-corrected chi connectivity index (χ3v) is 2.75. The van der Waals surface area contributed by atoms with Crippen molar-refractivity contribution in [2.24, 2.45) is 0 Å². The Morgan fingerprint density at radius 3 is 2.50 bits per heavy atom. The Morgan fingerprint density at radius 2 is 1.94 bits per heavy atom. The molecular weight excluding hydrogens is 262 g/mol. The summed E-state index contributed by atoms with van der Waals surface area (Å²) >= 11 is 4.81. The van der Waals surface area contributed by atoms with Gasteiger partial charge in [0.2, 0.25) is 0 Å². The number of rotatable bonds is 5. The minimum absolute atomic E-state index is 0.205. The van der Waals surface area contributed by atoms with Crippen molar-refractivity contribution in [3.63, 3.8) is 0 Å². The Bertz CT molecular complexity index is 277. The highest BCUT2D eigenvalue weighted by atomic mass is 32.1. The molecule has 0 saturated carbocycles. The molecule has 7 nitrogen and oxygen atoms in total. The van der Waals surface area contributed by atoms with Gasteiger partial charge in [-0.25, -0.2) is 0 Å². The van der Waals surface area contributed by atoms with Crippen LogP contribution in [-0.4, -0.2) is 75.9 Å². The molecule has 0 aliphatic carbocycles. The molecule has 1 aliphatic heterocycles. The lowest BCUT2D eigenvalue weighted by Crippen LogP contribution is -2.59. The molecule has 0 spiro atoms. The van der Waals surface area contributed by atoms with E-state index in [-0.39, 0.29) is 6.61 Å². The molecule has 0 aromatic carbocycles. The molecule has 1 fully saturated rings. The standard InChI is InChI=1S/C10H19NO6S/c1-5(18)11-2-3-16-10-9(15)8(14)7(13)6(4-12)17-10/h6-10,12-15H,2-4H2,1H3,(H,11,18)/t6?,7-,8?,9?,10+/m1/s1. The first-order valence-corrected chi connectivity index (χ1v) is 6.04. The van der Waals surface area contributed by atoms with E-state index >= 15 is 0 Å². The lowest BCUT2D eigenvalue weighted by atomic mass is 9.99. The predicted molar refractivity (Wildman–Crippen MR) is 66.0 cm³/mol. The molecule has 106 valence electrons. The van der Waals surface area contributed by atoms with Crippen molar-refractivity contribution in [2.45, 2.75) is 37.6 Å². The van der Waals surface area contributed by atoms with E-state index < -0.39 is 37.3 Å². The van der Waals surface area contributed by atoms with E-state index in [0.29, 0.717) is 11.5 Å². The third-order valence-electron chi connectivity index (χ3n) is 2.61. The first kappa shape index (κ1) is 15.7. The molecule has 0 radical (unpaired) electrons. The number of hydrogen-bond acceptors (Lipinski definition) is 7. The van der Waals surface area contributed by atoms with Gasteiger partial charge in [0, 0.05) is 6.54 Å². The lowest BCUT2D eigenvalue weighted by Gasteiger charge is -2.39. The van der Waals surface area contributed by atoms with Crippen LogP contribution in [0.15, 0.2) is 0 Å². The quantitative estimate of drug-likeness (QED) is 0.284. The smallest absolute Gasteiger partial charge is 0.186 e. The number of aliphatic hydroxyl groups is 4. The molecule has 0 aromatic heterocycles. The van der Waals surface area contributed by atoms with Crippen LogP contribution in [0.1, 0.15) is 6.92 Å². The van der Waals surface area contributed by atoms with Crippen molar-refractivity contribution in [3.8, 4) is 0 Å². The maximum Gasteiger partial charge on any atom is 0.186 e. The van der Waals surface area contributed by atoms with Gasteiger partial charge in [-0.2, -0.15) is 0 Å². The summed E-state index contributed by atoms with van der Waals surface area (Å²) in [7, 11) is 0. The first-order chi connectivity index (χ1) is 8.47. The summed E-state index contributed by atoms with van der Waals surface area (Å²) in [6.45, 7) is 1.90. The van der Waals surface area contributed by atoms with Crippen LogP contribution in [0.3, 0.4) is 0 Å². The van der Waals surface area contributed by atoms with E-state index in [2.05, 4.69) is 5.32 Å². The summed E-state index contributed by atoms with van der Waals surface area (Å²) in [6.07, 6.45) is -6.19. The molecule has 1 aliphatic rings. The van der Waals surface area contributed by atoms with Gasteiger partial charge >= 0.3 is 0 Å². The van der Waals surface area contributed by atoms with Crippen molar-refractivity contribution in [3.05, 3.63) is 0 Å². The Kier molecular flexibility index (Phi) is 6.36. The van der Waals surface area contributed by atoms with Gasteiger partial charge in [0.15, 0.2) is 6.29 Å². The van der Waals surface area contributed by atoms with Crippen molar-refractivity contribution in [2.75, 3.05) is 19.8 Å². The van der Waals surface area contributed by atoms with Crippen molar-refractivity contribution in [1.29, 1.82) is 0 Å². The number of hydrogen-bond donors (Lipinski definition) is 5. The maximum absolute atomic E-state index is 9.64. The summed E-state index contributed by atoms with van der Waals surface area (Å²) in [5, 5.41) is 40.5. The molecule has 1 rings (SSSR count). The zero-order valence-corrected chi connectivity index (χ0v) is 10.8. The summed E-state index contributed by atoms with van der Waals surface area (Å²) in [5.74, 6) is 0. The maximum atomic E-state index is 9.64. The Hall–Kier alpha value is -0.350. The molecule has 3 unspecified atom stereocenters. The van der Waals surface area contributed by atoms with E-state index in [1.54, 1.807) is 6.92 Å². The largest absolute Gasteiger partial charge is 0.394 e. The number of aliphatic hydroxyl groups excluding tert-OH is 4. The van der Waals surface area contributed by atoms with Crippen LogP contribution in [0.25, 0.3) is 0 Å². The van der Waals surface area contributed by atoms with Gasteiger partial charge in [0.25, 0.3) is 0 Å². The monoisotopic (exact) mass is 281 g/mol. The lowest BCUT2D eigenvalue weighted by molar-refractivity contribution is -0.300. The molecule has 0 aromatic rings. The average Bonchev–Trinajstić information content (AvgIpc) is 2.34. The summed E-state index contributed by atoms with van der Waals surface area (Å²) in [6, 6.07) is 0. The van der Waals surface area contributed by atoms with Crippen LogP contribution in [0, 0.1) is 0 Å². The van der Waals surface area contributed by atoms with Gasteiger partial charge in [-0.15, -0.1) is 0 Å². The van der Waals surface area contributed by atoms with Gasteiger partial charge < -0.3 is 35.2 Å². The normalized spacial score (nSPS) is 36.4. The van der Waals surface area contributed by atoms with E-state index in [9.17, 15) is 15.3 Å². The molecule has 1 saturated heterocycles. The van der Waals surface area contributed by atoms with E-state index in [1.165, 1.54) is 0 Å². The predicted octanol–water partition coefficient (Wildman–Crippen LogP) is -2.26. The van der Waals surface area contributed by atoms with Gasteiger partial charge in [-0.1, -0.05) is 12.2 Å². The van der Waals surface area contributed by atoms with Crippen LogP contribution >= 0.6 is 12.2 Å². The number of thiocarbonyl (C=S) groups is 1. The summed E-state index contributed by atoms with van der Waals surface area (Å²) < 4.78 is 10.4. The van der Waals surface area contributed by atoms with E-state index in [0.717, 1.165) is 0 Å². The minimum atomic E-state index is -1.42. The zero-order chi connectivity index (χ0) is 13.7. The van der Waals surface area contributed by atoms with Gasteiger partial charge in [0.1, 0.15) is 24.4 Å².